The molecule has 11 aromatic carbocycles. The summed E-state index contributed by atoms with van der Waals surface area (Å²) in [6, 6.07) is 108. The maximum Gasteiger partial charge on any atom is 0.349 e. The van der Waals surface area contributed by atoms with Crippen molar-refractivity contribution >= 4 is 91.3 Å². The van der Waals surface area contributed by atoms with Gasteiger partial charge in [0.2, 0.25) is 0 Å². The number of carbonyl (C=O) groups is 8. The zero-order valence-corrected chi connectivity index (χ0v) is 81.6. The SMILES string of the molecule is CCC(C)(C)C(=O)OC1C2CC3C1OC(=O)C3C2Oc1ccc([S+](c2ccccc2)c2ccccc2)cc1.CCC(C)(C)C(=O)OCC(=O)OC1=CC=C([S+](c2ccccc2)c2ccccc2)CC1.CCC(C)C(=O)OC1C2CC3C1OC(=O)C3C2Oc1ccc([S+](c2ccccc2)c2ccccc2)cc1.CCC(C)C(=O)OCC(=O)Oc1ccc([S+](c2ccccc2)c2ccccc2)cc1. The fourth-order valence-corrected chi connectivity index (χ4v) is 26.3. The van der Waals surface area contributed by atoms with Crippen molar-refractivity contribution < 1.29 is 85.7 Å². The van der Waals surface area contributed by atoms with Crippen molar-refractivity contribution in [1.82, 2.24) is 0 Å². The van der Waals surface area contributed by atoms with E-state index in [0.29, 0.717) is 55.1 Å². The monoisotopic (exact) mass is 1900 g/mol. The van der Waals surface area contributed by atoms with Gasteiger partial charge in [-0.3, -0.25) is 28.8 Å². The normalized spacial score (nSPS) is 21.1. The molecule has 18 nitrogen and oxygen atoms in total. The fourth-order valence-electron chi connectivity index (χ4n) is 17.8. The summed E-state index contributed by atoms with van der Waals surface area (Å²) in [5.74, 6) is -1.39. The lowest BCUT2D eigenvalue weighted by atomic mass is 9.84. The quantitative estimate of drug-likeness (QED) is 0.0165. The van der Waals surface area contributed by atoms with Gasteiger partial charge in [0.1, 0.15) is 76.4 Å². The van der Waals surface area contributed by atoms with E-state index in [9.17, 15) is 38.4 Å². The molecule has 4 bridgehead atoms. The van der Waals surface area contributed by atoms with Crippen LogP contribution in [0.3, 0.4) is 0 Å². The van der Waals surface area contributed by atoms with Crippen molar-refractivity contribution in [3.63, 3.8) is 0 Å². The Labute approximate surface area is 809 Å². The Balaban J connectivity index is 0.000000139. The molecule has 18 rings (SSSR count). The summed E-state index contributed by atoms with van der Waals surface area (Å²) in [5, 5.41) is 0. The standard InChI is InChI=1S/C32H33O5S.C31H31O5S.C26H29O4S.C25H25O4S/c1-4-32(2,3)31(34)37-29-25-19-24-26(30(33)36-28(24)29)27(25)35-20-15-17-23(18-16-20)38(21-11-7-5-8-12-21)22-13-9-6-10-14-22;1-3-19(2)30(32)35-29-25-18-24-26(31(33)36-28(24)29)27(25)34-20-14-16-23(17-15-20)37(21-10-6-4-7-11-21)22-12-8-5-9-13-22;1-4-26(2,3)25(28)29-19-24(27)30-20-15-17-23(18-16-20)31(21-11-7-5-8-12-21)22-13-9-6-10-14-22;1-3-19(2)25(27)28-18-24(26)29-20-14-16-23(17-15-20)30(21-10-6-4-7-11-21)22-12-8-5-9-13-22/h5-18,24-29H,4,19H2,1-3H3;4-17,19,24-29H,3,18H2,1-2H3;5-15,17H,4,16,18-19H2,1-3H3;4-17,19H,3,18H2,1-2H3/q4*+1. The van der Waals surface area contributed by atoms with Gasteiger partial charge in [0, 0.05) is 36.5 Å². The van der Waals surface area contributed by atoms with Gasteiger partial charge in [-0.05, 0) is 248 Å². The minimum atomic E-state index is -0.604. The summed E-state index contributed by atoms with van der Waals surface area (Å²) in [5.41, 5.74) is -1.18. The highest BCUT2D eigenvalue weighted by Crippen LogP contribution is 2.59. The van der Waals surface area contributed by atoms with Crippen LogP contribution in [0.15, 0.2) is 392 Å². The van der Waals surface area contributed by atoms with Gasteiger partial charge in [-0.2, -0.15) is 0 Å². The molecule has 22 heteroatoms. The predicted octanol–water partition coefficient (Wildman–Crippen LogP) is 22.8. The number of allylic oxidation sites excluding steroid dienone is 4. The zero-order valence-electron chi connectivity index (χ0n) is 78.3. The number of esters is 8. The van der Waals surface area contributed by atoms with Crippen LogP contribution in [0.25, 0.3) is 0 Å². The fraction of sp³-hybridized carbons (Fsp3) is 0.316. The maximum atomic E-state index is 12.9. The molecule has 11 aromatic rings. The summed E-state index contributed by atoms with van der Waals surface area (Å²) in [7, 11) is -0.927. The van der Waals surface area contributed by atoms with Gasteiger partial charge in [0.15, 0.2) is 67.1 Å². The third-order valence-electron chi connectivity index (χ3n) is 26.4. The first kappa shape index (κ1) is 98.2. The van der Waals surface area contributed by atoms with E-state index < -0.39 is 35.0 Å². The summed E-state index contributed by atoms with van der Waals surface area (Å²) in [6.45, 7) is 18.0. The molecular weight excluding hydrogens is 1790 g/mol. The van der Waals surface area contributed by atoms with Crippen LogP contribution in [0.2, 0.25) is 0 Å². The first-order valence-corrected chi connectivity index (χ1v) is 51.8. The van der Waals surface area contributed by atoms with Crippen LogP contribution in [-0.2, 0) is 115 Å². The minimum absolute atomic E-state index is 0.0395. The van der Waals surface area contributed by atoms with Crippen molar-refractivity contribution in [1.29, 1.82) is 0 Å². The molecule has 0 aromatic heterocycles. The van der Waals surface area contributed by atoms with Crippen molar-refractivity contribution in [2.45, 2.75) is 211 Å². The summed E-state index contributed by atoms with van der Waals surface area (Å²) < 4.78 is 57.1. The Morgan fingerprint density at radius 1 is 0.338 bits per heavy atom. The van der Waals surface area contributed by atoms with Gasteiger partial charge in [-0.25, -0.2) is 9.59 Å². The molecule has 0 radical (unpaired) electrons. The van der Waals surface area contributed by atoms with Gasteiger partial charge in [0.25, 0.3) is 0 Å². The number of hydrogen-bond donors (Lipinski definition) is 0. The predicted molar refractivity (Wildman–Crippen MR) is 526 cm³/mol. The van der Waals surface area contributed by atoms with Crippen molar-refractivity contribution in [3.05, 3.63) is 338 Å². The second kappa shape index (κ2) is 45.5. The van der Waals surface area contributed by atoms with E-state index in [1.165, 1.54) is 53.9 Å². The highest BCUT2D eigenvalue weighted by Gasteiger charge is 2.71. The molecule has 14 unspecified atom stereocenters. The molecule has 6 fully saturated rings. The van der Waals surface area contributed by atoms with Gasteiger partial charge in [-0.1, -0.05) is 187 Å². The second-order valence-electron chi connectivity index (χ2n) is 36.1. The molecular formula is C114H118O18S4+4. The van der Waals surface area contributed by atoms with Gasteiger partial charge in [0.05, 0.1) is 66.2 Å². The number of rotatable bonds is 32. The molecule has 2 aliphatic heterocycles. The molecule has 136 heavy (non-hydrogen) atoms. The zero-order chi connectivity index (χ0) is 95.6. The average molecular weight is 1900 g/mol. The Morgan fingerprint density at radius 2 is 0.647 bits per heavy atom. The summed E-state index contributed by atoms with van der Waals surface area (Å²) in [6.07, 6.45) is 7.34. The van der Waals surface area contributed by atoms with E-state index in [-0.39, 0.29) is 164 Å². The van der Waals surface area contributed by atoms with Crippen molar-refractivity contribution in [2.75, 3.05) is 13.2 Å². The Kier molecular flexibility index (Phi) is 32.9. The smallest absolute Gasteiger partial charge is 0.349 e. The summed E-state index contributed by atoms with van der Waals surface area (Å²) in [4.78, 5) is 114. The van der Waals surface area contributed by atoms with E-state index in [0.717, 1.165) is 24.2 Å². The van der Waals surface area contributed by atoms with Crippen molar-refractivity contribution in [3.8, 4) is 17.2 Å². The third kappa shape index (κ3) is 23.3. The highest BCUT2D eigenvalue weighted by molar-refractivity contribution is 8.00. The van der Waals surface area contributed by atoms with Gasteiger partial charge >= 0.3 is 47.8 Å². The van der Waals surface area contributed by atoms with Crippen LogP contribution in [-0.4, -0.2) is 97.6 Å². The Morgan fingerprint density at radius 3 is 0.985 bits per heavy atom. The molecule has 2 saturated heterocycles. The number of fused-ring (bicyclic) bond motifs is 2. The van der Waals surface area contributed by atoms with E-state index in [2.05, 4.69) is 200 Å². The third-order valence-corrected chi connectivity index (χ3v) is 35.4. The van der Waals surface area contributed by atoms with E-state index in [1.54, 1.807) is 32.9 Å². The minimum Gasteiger partial charge on any atom is -0.489 e. The number of carbonyl (C=O) groups excluding carboxylic acids is 8. The lowest BCUT2D eigenvalue weighted by molar-refractivity contribution is -0.172. The first-order valence-electron chi connectivity index (χ1n) is 46.9. The molecule has 0 N–H and O–H groups in total. The van der Waals surface area contributed by atoms with Crippen LogP contribution < -0.4 is 14.2 Å². The maximum absolute atomic E-state index is 12.9. The highest BCUT2D eigenvalue weighted by atomic mass is 32.2. The van der Waals surface area contributed by atoms with E-state index in [4.69, 9.17) is 47.4 Å². The number of hydrogen-bond acceptors (Lipinski definition) is 18. The van der Waals surface area contributed by atoms with Crippen LogP contribution >= 0.6 is 0 Å². The molecule has 702 valence electrons. The van der Waals surface area contributed by atoms with Crippen molar-refractivity contribution in [2.24, 2.45) is 58.2 Å². The second-order valence-corrected chi connectivity index (χ2v) is 44.2. The Hall–Kier alpha value is -12.3. The molecule has 0 spiro atoms. The largest absolute Gasteiger partial charge is 0.489 e. The number of benzene rings is 11. The molecule has 4 saturated carbocycles. The van der Waals surface area contributed by atoms with Gasteiger partial charge < -0.3 is 47.4 Å². The molecule has 2 heterocycles. The Bertz CT molecular complexity index is 5780. The van der Waals surface area contributed by atoms with Crippen LogP contribution in [0.1, 0.15) is 121 Å². The average Bonchev–Trinajstić information content (AvgIpc) is 1.55. The van der Waals surface area contributed by atoms with Gasteiger partial charge in [-0.15, -0.1) is 0 Å². The molecule has 7 aliphatic rings. The summed E-state index contributed by atoms with van der Waals surface area (Å²) >= 11 is 0. The topological polar surface area (TPSA) is 229 Å². The lowest BCUT2D eigenvalue weighted by Gasteiger charge is -2.33. The van der Waals surface area contributed by atoms with Crippen LogP contribution in [0, 0.1) is 58.2 Å². The number of ether oxygens (including phenoxy) is 10. The van der Waals surface area contributed by atoms with Crippen LogP contribution in [0.5, 0.6) is 17.2 Å². The molecule has 14 atom stereocenters. The van der Waals surface area contributed by atoms with Crippen LogP contribution in [0.4, 0.5) is 0 Å². The molecule has 0 amide bonds. The van der Waals surface area contributed by atoms with E-state index >= 15 is 0 Å². The first-order chi connectivity index (χ1) is 65.9. The van der Waals surface area contributed by atoms with E-state index in [1.807, 2.05) is 164 Å². The lowest BCUT2D eigenvalue weighted by Crippen LogP contribution is -2.46. The molecule has 5 aliphatic carbocycles.